The number of amides is 2. The van der Waals surface area contributed by atoms with Crippen molar-refractivity contribution in [3.8, 4) is 5.69 Å². The van der Waals surface area contributed by atoms with Crippen molar-refractivity contribution in [3.05, 3.63) is 65.0 Å². The molecule has 7 nitrogen and oxygen atoms in total. The van der Waals surface area contributed by atoms with Gasteiger partial charge < -0.3 is 10.2 Å². The number of thioether (sulfide) groups is 2. The highest BCUT2D eigenvalue weighted by atomic mass is 32.2. The van der Waals surface area contributed by atoms with Gasteiger partial charge in [-0.05, 0) is 67.8 Å². The smallest absolute Gasteiger partial charge is 0.253 e. The van der Waals surface area contributed by atoms with Crippen LogP contribution < -0.4 is 5.32 Å². The summed E-state index contributed by atoms with van der Waals surface area (Å²) < 4.78 is 1.88. The van der Waals surface area contributed by atoms with Crippen LogP contribution in [-0.4, -0.2) is 61.8 Å². The largest absolute Gasteiger partial charge is 0.337 e. The molecule has 2 amide bonds. The van der Waals surface area contributed by atoms with Gasteiger partial charge in [-0.25, -0.2) is 0 Å². The maximum absolute atomic E-state index is 12.7. The van der Waals surface area contributed by atoms with E-state index in [2.05, 4.69) is 41.5 Å². The summed E-state index contributed by atoms with van der Waals surface area (Å²) in [6.07, 6.45) is 1.66. The third-order valence-electron chi connectivity index (χ3n) is 5.66. The van der Waals surface area contributed by atoms with Crippen molar-refractivity contribution >= 4 is 41.0 Å². The molecule has 0 radical (unpaired) electrons. The molecule has 33 heavy (non-hydrogen) atoms. The summed E-state index contributed by atoms with van der Waals surface area (Å²) in [5.41, 5.74) is 5.61. The number of hydrogen-bond donors (Lipinski definition) is 1. The molecule has 1 N–H and O–H groups in total. The molecular formula is C24H27N5O2S2. The highest BCUT2D eigenvalue weighted by Crippen LogP contribution is 2.23. The van der Waals surface area contributed by atoms with Crippen LogP contribution in [0.4, 0.5) is 5.69 Å². The first-order valence-corrected chi connectivity index (χ1v) is 12.9. The molecule has 1 aliphatic heterocycles. The molecule has 0 unspecified atom stereocenters. The Morgan fingerprint density at radius 3 is 2.55 bits per heavy atom. The second-order valence-electron chi connectivity index (χ2n) is 8.02. The summed E-state index contributed by atoms with van der Waals surface area (Å²) in [5.74, 6) is 2.08. The van der Waals surface area contributed by atoms with Crippen LogP contribution in [0.2, 0.25) is 0 Å². The van der Waals surface area contributed by atoms with Gasteiger partial charge in [-0.2, -0.15) is 11.8 Å². The van der Waals surface area contributed by atoms with E-state index in [1.54, 1.807) is 18.5 Å². The normalized spacial score (nSPS) is 13.7. The molecule has 2 aromatic carbocycles. The number of rotatable bonds is 6. The lowest BCUT2D eigenvalue weighted by Crippen LogP contribution is -2.37. The Labute approximate surface area is 202 Å². The Balaban J connectivity index is 1.37. The number of aromatic nitrogens is 3. The second-order valence-corrected chi connectivity index (χ2v) is 10.2. The third-order valence-corrected chi connectivity index (χ3v) is 7.55. The van der Waals surface area contributed by atoms with Crippen LogP contribution in [0.5, 0.6) is 0 Å². The molecule has 0 aliphatic carbocycles. The number of carbonyl (C=O) groups is 2. The Morgan fingerprint density at radius 2 is 1.82 bits per heavy atom. The highest BCUT2D eigenvalue weighted by Gasteiger charge is 2.19. The lowest BCUT2D eigenvalue weighted by molar-refractivity contribution is -0.113. The fourth-order valence-electron chi connectivity index (χ4n) is 3.58. The van der Waals surface area contributed by atoms with Gasteiger partial charge >= 0.3 is 0 Å². The number of nitrogens with one attached hydrogen (secondary N) is 1. The highest BCUT2D eigenvalue weighted by molar-refractivity contribution is 7.99. The van der Waals surface area contributed by atoms with Gasteiger partial charge in [0.15, 0.2) is 5.16 Å². The predicted octanol–water partition coefficient (Wildman–Crippen LogP) is 4.11. The molecule has 1 aliphatic rings. The Hall–Kier alpha value is -2.78. The van der Waals surface area contributed by atoms with Crippen LogP contribution in [0.15, 0.2) is 47.9 Å². The van der Waals surface area contributed by atoms with Crippen molar-refractivity contribution in [3.63, 3.8) is 0 Å². The van der Waals surface area contributed by atoms with Crippen molar-refractivity contribution in [2.45, 2.75) is 25.9 Å². The minimum absolute atomic E-state index is 0.0533. The van der Waals surface area contributed by atoms with Crippen LogP contribution in [-0.2, 0) is 4.79 Å². The molecule has 172 valence electrons. The predicted molar refractivity (Wildman–Crippen MR) is 135 cm³/mol. The second kappa shape index (κ2) is 10.4. The van der Waals surface area contributed by atoms with Crippen LogP contribution in [0.25, 0.3) is 5.69 Å². The lowest BCUT2D eigenvalue weighted by Gasteiger charge is -2.26. The summed E-state index contributed by atoms with van der Waals surface area (Å²) in [6.45, 7) is 7.61. The van der Waals surface area contributed by atoms with E-state index in [0.717, 1.165) is 35.8 Å². The van der Waals surface area contributed by atoms with Gasteiger partial charge in [-0.1, -0.05) is 17.8 Å². The molecule has 2 heterocycles. The van der Waals surface area contributed by atoms with Crippen molar-refractivity contribution in [2.24, 2.45) is 0 Å². The number of aryl methyl sites for hydroxylation is 3. The molecule has 1 aromatic heterocycles. The van der Waals surface area contributed by atoms with Crippen molar-refractivity contribution < 1.29 is 9.59 Å². The fourth-order valence-corrected chi connectivity index (χ4v) is 5.21. The first kappa shape index (κ1) is 23.4. The van der Waals surface area contributed by atoms with E-state index < -0.39 is 0 Å². The fraction of sp³-hybridized carbons (Fsp3) is 0.333. The van der Waals surface area contributed by atoms with Crippen LogP contribution >= 0.6 is 23.5 Å². The summed E-state index contributed by atoms with van der Waals surface area (Å²) in [5, 5.41) is 11.8. The summed E-state index contributed by atoms with van der Waals surface area (Å²) in [7, 11) is 0. The Bertz CT molecular complexity index is 1170. The van der Waals surface area contributed by atoms with Crippen LogP contribution in [0.3, 0.4) is 0 Å². The Kier molecular flexibility index (Phi) is 7.39. The van der Waals surface area contributed by atoms with Crippen molar-refractivity contribution in [1.82, 2.24) is 19.7 Å². The zero-order valence-electron chi connectivity index (χ0n) is 19.0. The van der Waals surface area contributed by atoms with E-state index in [0.29, 0.717) is 16.4 Å². The average Bonchev–Trinajstić information content (AvgIpc) is 3.29. The topological polar surface area (TPSA) is 80.1 Å². The molecule has 4 rings (SSSR count). The van der Waals surface area contributed by atoms with Gasteiger partial charge in [0.05, 0.1) is 5.75 Å². The zero-order chi connectivity index (χ0) is 23.4. The maximum Gasteiger partial charge on any atom is 0.253 e. The number of nitrogens with zero attached hydrogens (tertiary/aromatic N) is 4. The standard InChI is InChI=1S/C24H27N5O2S2/c1-16-4-6-20(13-17(16)2)29-15-25-27-24(29)33-14-22(30)26-21-7-5-19(12-18(21)3)23(31)28-8-10-32-11-9-28/h4-7,12-13,15H,8-11,14H2,1-3H3,(H,26,30). The minimum Gasteiger partial charge on any atom is -0.337 e. The molecule has 0 atom stereocenters. The van der Waals surface area contributed by atoms with E-state index >= 15 is 0 Å². The number of benzene rings is 2. The van der Waals surface area contributed by atoms with E-state index in [9.17, 15) is 9.59 Å². The van der Waals surface area contributed by atoms with E-state index in [-0.39, 0.29) is 17.6 Å². The van der Waals surface area contributed by atoms with Gasteiger partial charge in [0.25, 0.3) is 5.91 Å². The van der Waals surface area contributed by atoms with Crippen LogP contribution in [0.1, 0.15) is 27.0 Å². The number of hydrogen-bond acceptors (Lipinski definition) is 6. The molecular weight excluding hydrogens is 454 g/mol. The summed E-state index contributed by atoms with van der Waals surface area (Å²) in [6, 6.07) is 11.6. The molecule has 1 fully saturated rings. The minimum atomic E-state index is -0.134. The quantitative estimate of drug-likeness (QED) is 0.534. The third kappa shape index (κ3) is 5.59. The Morgan fingerprint density at radius 1 is 1.03 bits per heavy atom. The first-order chi connectivity index (χ1) is 15.9. The number of carbonyl (C=O) groups excluding carboxylic acids is 2. The lowest BCUT2D eigenvalue weighted by atomic mass is 10.1. The van der Waals surface area contributed by atoms with Gasteiger partial charge in [-0.3, -0.25) is 14.2 Å². The van der Waals surface area contributed by atoms with Gasteiger partial charge in [0.1, 0.15) is 6.33 Å². The molecule has 0 saturated carbocycles. The van der Waals surface area contributed by atoms with E-state index in [1.165, 1.54) is 22.9 Å². The average molecular weight is 482 g/mol. The maximum atomic E-state index is 12.7. The van der Waals surface area contributed by atoms with Gasteiger partial charge in [0, 0.05) is 41.5 Å². The van der Waals surface area contributed by atoms with Gasteiger partial charge in [0.2, 0.25) is 5.91 Å². The summed E-state index contributed by atoms with van der Waals surface area (Å²) in [4.78, 5) is 27.2. The molecule has 3 aromatic rings. The van der Waals surface area contributed by atoms with Crippen molar-refractivity contribution in [2.75, 3.05) is 35.7 Å². The molecule has 9 heteroatoms. The van der Waals surface area contributed by atoms with Crippen LogP contribution in [0, 0.1) is 20.8 Å². The first-order valence-electron chi connectivity index (χ1n) is 10.8. The molecule has 1 saturated heterocycles. The zero-order valence-corrected chi connectivity index (χ0v) is 20.6. The van der Waals surface area contributed by atoms with E-state index in [1.807, 2.05) is 40.3 Å². The monoisotopic (exact) mass is 481 g/mol. The van der Waals surface area contributed by atoms with E-state index in [4.69, 9.17) is 0 Å². The SMILES string of the molecule is Cc1ccc(-n2cnnc2SCC(=O)Nc2ccc(C(=O)N3CCSCC3)cc2C)cc1C. The van der Waals surface area contributed by atoms with Crippen molar-refractivity contribution in [1.29, 1.82) is 0 Å². The number of anilines is 1. The molecule has 0 spiro atoms. The summed E-state index contributed by atoms with van der Waals surface area (Å²) >= 11 is 3.21. The van der Waals surface area contributed by atoms with Gasteiger partial charge in [-0.15, -0.1) is 10.2 Å². The molecule has 0 bridgehead atoms.